The van der Waals surface area contributed by atoms with Crippen molar-refractivity contribution < 1.29 is 19.2 Å². The Bertz CT molecular complexity index is 525. The van der Waals surface area contributed by atoms with E-state index in [1.54, 1.807) is 19.1 Å². The number of ether oxygens (including phenoxy) is 1. The molecule has 1 aromatic rings. The molecule has 0 spiro atoms. The van der Waals surface area contributed by atoms with Crippen molar-refractivity contribution in [2.75, 3.05) is 11.7 Å². The Hall–Kier alpha value is -1.88. The van der Waals surface area contributed by atoms with E-state index in [0.29, 0.717) is 30.7 Å². The summed E-state index contributed by atoms with van der Waals surface area (Å²) >= 11 is 0. The molecule has 1 aliphatic rings. The Morgan fingerprint density at radius 2 is 2.10 bits per heavy atom. The Balaban J connectivity index is 2.35. The highest BCUT2D eigenvalue weighted by atomic mass is 16.7. The maximum atomic E-state index is 12.0. The maximum absolute atomic E-state index is 12.0. The standard InChI is InChI=1S/C15H19NO4/c1-4-19-15(18)12-6-5-11-7-8-14(17)16(13(11)9-12)20-10(2)3/h5-6,9-10H,4,7-8H2,1-3H3. The number of hydrogen-bond acceptors (Lipinski definition) is 4. The van der Waals surface area contributed by atoms with Crippen LogP contribution in [0.2, 0.25) is 0 Å². The predicted octanol–water partition coefficient (Wildman–Crippen LogP) is 2.48. The number of carbonyl (C=O) groups excluding carboxylic acids is 2. The van der Waals surface area contributed by atoms with Crippen LogP contribution in [0.1, 0.15) is 43.1 Å². The van der Waals surface area contributed by atoms with Gasteiger partial charge in [0.2, 0.25) is 0 Å². The minimum absolute atomic E-state index is 0.0905. The molecular formula is C15H19NO4. The normalized spacial score (nSPS) is 14.4. The largest absolute Gasteiger partial charge is 0.462 e. The van der Waals surface area contributed by atoms with Crippen molar-refractivity contribution in [2.24, 2.45) is 0 Å². The first-order chi connectivity index (χ1) is 9.52. The van der Waals surface area contributed by atoms with Crippen molar-refractivity contribution >= 4 is 17.6 Å². The molecule has 1 amide bonds. The molecule has 1 aromatic carbocycles. The molecule has 0 aromatic heterocycles. The molecular weight excluding hydrogens is 258 g/mol. The molecule has 2 rings (SSSR count). The zero-order chi connectivity index (χ0) is 14.7. The second-order valence-electron chi connectivity index (χ2n) is 4.91. The highest BCUT2D eigenvalue weighted by Gasteiger charge is 2.27. The number of carbonyl (C=O) groups is 2. The van der Waals surface area contributed by atoms with Gasteiger partial charge in [0.05, 0.1) is 24.0 Å². The lowest BCUT2D eigenvalue weighted by Crippen LogP contribution is -2.37. The molecule has 0 radical (unpaired) electrons. The van der Waals surface area contributed by atoms with Crippen molar-refractivity contribution in [1.82, 2.24) is 0 Å². The molecule has 0 aliphatic carbocycles. The number of amides is 1. The van der Waals surface area contributed by atoms with Gasteiger partial charge in [-0.15, -0.1) is 0 Å². The van der Waals surface area contributed by atoms with E-state index < -0.39 is 5.97 Å². The van der Waals surface area contributed by atoms with Crippen molar-refractivity contribution in [3.63, 3.8) is 0 Å². The third-order valence-corrected chi connectivity index (χ3v) is 2.97. The van der Waals surface area contributed by atoms with Gasteiger partial charge in [0, 0.05) is 6.42 Å². The van der Waals surface area contributed by atoms with Crippen molar-refractivity contribution in [3.05, 3.63) is 29.3 Å². The summed E-state index contributed by atoms with van der Waals surface area (Å²) in [6, 6.07) is 5.23. The van der Waals surface area contributed by atoms with E-state index in [2.05, 4.69) is 0 Å². The highest BCUT2D eigenvalue weighted by Crippen LogP contribution is 2.30. The van der Waals surface area contributed by atoms with E-state index in [0.717, 1.165) is 5.56 Å². The highest BCUT2D eigenvalue weighted by molar-refractivity contribution is 5.97. The summed E-state index contributed by atoms with van der Waals surface area (Å²) in [7, 11) is 0. The molecule has 0 unspecified atom stereocenters. The predicted molar refractivity (Wildman–Crippen MR) is 74.4 cm³/mol. The molecule has 0 fully saturated rings. The summed E-state index contributed by atoms with van der Waals surface area (Å²) in [4.78, 5) is 29.3. The third kappa shape index (κ3) is 2.99. The number of esters is 1. The number of fused-ring (bicyclic) bond motifs is 1. The molecule has 1 aliphatic heterocycles. The molecule has 5 heteroatoms. The Morgan fingerprint density at radius 3 is 2.75 bits per heavy atom. The minimum Gasteiger partial charge on any atom is -0.462 e. The zero-order valence-corrected chi connectivity index (χ0v) is 12.0. The van der Waals surface area contributed by atoms with Gasteiger partial charge in [0.25, 0.3) is 5.91 Å². The fourth-order valence-electron chi connectivity index (χ4n) is 2.11. The lowest BCUT2D eigenvalue weighted by molar-refractivity contribution is -0.128. The van der Waals surface area contributed by atoms with Crippen LogP contribution >= 0.6 is 0 Å². The first-order valence-corrected chi connectivity index (χ1v) is 6.82. The van der Waals surface area contributed by atoms with Gasteiger partial charge in [-0.1, -0.05) is 6.07 Å². The van der Waals surface area contributed by atoms with Crippen molar-refractivity contribution in [3.8, 4) is 0 Å². The molecule has 0 bridgehead atoms. The SMILES string of the molecule is CCOC(=O)c1ccc2c(c1)N(OC(C)C)C(=O)CC2. The van der Waals surface area contributed by atoms with Gasteiger partial charge in [0.1, 0.15) is 0 Å². The van der Waals surface area contributed by atoms with Gasteiger partial charge in [-0.3, -0.25) is 9.63 Å². The van der Waals surface area contributed by atoms with E-state index in [4.69, 9.17) is 9.57 Å². The summed E-state index contributed by atoms with van der Waals surface area (Å²) in [5, 5.41) is 1.30. The summed E-state index contributed by atoms with van der Waals surface area (Å²) in [6.45, 7) is 5.79. The minimum atomic E-state index is -0.391. The monoisotopic (exact) mass is 277 g/mol. The first kappa shape index (κ1) is 14.5. The molecule has 108 valence electrons. The fourth-order valence-corrected chi connectivity index (χ4v) is 2.11. The van der Waals surface area contributed by atoms with Crippen LogP contribution in [0.25, 0.3) is 0 Å². The van der Waals surface area contributed by atoms with Gasteiger partial charge < -0.3 is 4.74 Å². The van der Waals surface area contributed by atoms with E-state index in [-0.39, 0.29) is 12.0 Å². The van der Waals surface area contributed by atoms with Crippen LogP contribution in [0, 0.1) is 0 Å². The van der Waals surface area contributed by atoms with Crippen LogP contribution in [0.15, 0.2) is 18.2 Å². The average Bonchev–Trinajstić information content (AvgIpc) is 2.41. The van der Waals surface area contributed by atoms with Crippen LogP contribution in [-0.2, 0) is 20.8 Å². The first-order valence-electron chi connectivity index (χ1n) is 6.82. The lowest BCUT2D eigenvalue weighted by Gasteiger charge is -2.30. The summed E-state index contributed by atoms with van der Waals surface area (Å²) in [5.74, 6) is -0.481. The van der Waals surface area contributed by atoms with E-state index >= 15 is 0 Å². The number of nitrogens with zero attached hydrogens (tertiary/aromatic N) is 1. The van der Waals surface area contributed by atoms with E-state index in [1.165, 1.54) is 5.06 Å². The second kappa shape index (κ2) is 6.05. The summed E-state index contributed by atoms with van der Waals surface area (Å²) < 4.78 is 4.98. The van der Waals surface area contributed by atoms with E-state index in [1.807, 2.05) is 19.9 Å². The molecule has 5 nitrogen and oxygen atoms in total. The molecule has 20 heavy (non-hydrogen) atoms. The molecule has 0 N–H and O–H groups in total. The quantitative estimate of drug-likeness (QED) is 0.793. The number of hydrogen-bond donors (Lipinski definition) is 0. The third-order valence-electron chi connectivity index (χ3n) is 2.97. The fraction of sp³-hybridized carbons (Fsp3) is 0.467. The van der Waals surface area contributed by atoms with Crippen LogP contribution in [0.5, 0.6) is 0 Å². The Kier molecular flexibility index (Phi) is 4.39. The van der Waals surface area contributed by atoms with Crippen LogP contribution in [0.4, 0.5) is 5.69 Å². The second-order valence-corrected chi connectivity index (χ2v) is 4.91. The zero-order valence-electron chi connectivity index (χ0n) is 12.0. The van der Waals surface area contributed by atoms with Gasteiger partial charge in [-0.05, 0) is 44.9 Å². The van der Waals surface area contributed by atoms with Gasteiger partial charge in [0.15, 0.2) is 0 Å². The van der Waals surface area contributed by atoms with Gasteiger partial charge in [-0.2, -0.15) is 5.06 Å². The average molecular weight is 277 g/mol. The number of benzene rings is 1. The Morgan fingerprint density at radius 1 is 1.35 bits per heavy atom. The van der Waals surface area contributed by atoms with Crippen LogP contribution in [-0.4, -0.2) is 24.6 Å². The number of rotatable bonds is 4. The molecule has 1 heterocycles. The topological polar surface area (TPSA) is 55.8 Å². The van der Waals surface area contributed by atoms with E-state index in [9.17, 15) is 9.59 Å². The maximum Gasteiger partial charge on any atom is 0.338 e. The summed E-state index contributed by atoms with van der Waals surface area (Å²) in [5.41, 5.74) is 2.07. The van der Waals surface area contributed by atoms with Gasteiger partial charge in [-0.25, -0.2) is 4.79 Å². The summed E-state index contributed by atoms with van der Waals surface area (Å²) in [6.07, 6.45) is 0.962. The van der Waals surface area contributed by atoms with Crippen molar-refractivity contribution in [2.45, 2.75) is 39.7 Å². The smallest absolute Gasteiger partial charge is 0.338 e. The molecule has 0 saturated carbocycles. The molecule has 0 saturated heterocycles. The van der Waals surface area contributed by atoms with Crippen molar-refractivity contribution in [1.29, 1.82) is 0 Å². The Labute approximate surface area is 118 Å². The lowest BCUT2D eigenvalue weighted by atomic mass is 10.0. The number of anilines is 1. The number of hydroxylamine groups is 1. The van der Waals surface area contributed by atoms with Crippen LogP contribution in [0.3, 0.4) is 0 Å². The number of aryl methyl sites for hydroxylation is 1. The van der Waals surface area contributed by atoms with Gasteiger partial charge >= 0.3 is 5.97 Å². The molecule has 0 atom stereocenters. The van der Waals surface area contributed by atoms with Crippen LogP contribution < -0.4 is 5.06 Å².